The molecule has 0 aliphatic heterocycles. The zero-order chi connectivity index (χ0) is 15.8. The van der Waals surface area contributed by atoms with E-state index >= 15 is 0 Å². The third-order valence-electron chi connectivity index (χ3n) is 2.92. The van der Waals surface area contributed by atoms with Gasteiger partial charge in [-0.1, -0.05) is 73.3 Å². The first-order valence-electron chi connectivity index (χ1n) is 7.02. The van der Waals surface area contributed by atoms with Gasteiger partial charge in [-0.15, -0.1) is 0 Å². The molecular formula is C20H18O2. The van der Waals surface area contributed by atoms with E-state index in [-0.39, 0.29) is 5.97 Å². The number of hydrogen-bond donors (Lipinski definition) is 0. The fourth-order valence-corrected chi connectivity index (χ4v) is 1.84. The van der Waals surface area contributed by atoms with Gasteiger partial charge in [-0.3, -0.25) is 4.79 Å². The van der Waals surface area contributed by atoms with E-state index in [1.165, 1.54) is 6.92 Å². The van der Waals surface area contributed by atoms with E-state index in [1.54, 1.807) is 12.1 Å². The van der Waals surface area contributed by atoms with E-state index in [9.17, 15) is 4.79 Å². The normalized spacial score (nSPS) is 11.0. The second-order valence-electron chi connectivity index (χ2n) is 4.81. The molecular weight excluding hydrogens is 272 g/mol. The lowest BCUT2D eigenvalue weighted by Crippen LogP contribution is -2.00. The van der Waals surface area contributed by atoms with Gasteiger partial charge in [-0.25, -0.2) is 0 Å². The van der Waals surface area contributed by atoms with Gasteiger partial charge in [0.2, 0.25) is 0 Å². The van der Waals surface area contributed by atoms with Crippen LogP contribution in [-0.4, -0.2) is 5.97 Å². The molecule has 0 amide bonds. The van der Waals surface area contributed by atoms with E-state index in [0.29, 0.717) is 5.75 Å². The smallest absolute Gasteiger partial charge is 0.308 e. The summed E-state index contributed by atoms with van der Waals surface area (Å²) < 4.78 is 4.99. The monoisotopic (exact) mass is 290 g/mol. The highest BCUT2D eigenvalue weighted by Crippen LogP contribution is 2.14. The molecule has 110 valence electrons. The molecule has 0 spiro atoms. The van der Waals surface area contributed by atoms with Gasteiger partial charge in [0, 0.05) is 6.92 Å². The van der Waals surface area contributed by atoms with Crippen LogP contribution in [0.3, 0.4) is 0 Å². The molecule has 0 N–H and O–H groups in total. The van der Waals surface area contributed by atoms with Crippen molar-refractivity contribution in [3.63, 3.8) is 0 Å². The lowest BCUT2D eigenvalue weighted by Gasteiger charge is -2.00. The fraction of sp³-hybridized carbons (Fsp3) is 0.0500. The van der Waals surface area contributed by atoms with Crippen LogP contribution in [0, 0.1) is 0 Å². The van der Waals surface area contributed by atoms with E-state index in [4.69, 9.17) is 4.74 Å². The van der Waals surface area contributed by atoms with Crippen molar-refractivity contribution in [2.45, 2.75) is 6.92 Å². The van der Waals surface area contributed by atoms with Crippen LogP contribution in [0.1, 0.15) is 18.1 Å². The first-order chi connectivity index (χ1) is 10.6. The Balaban J connectivity index is 1.95. The van der Waals surface area contributed by atoms with Gasteiger partial charge in [0.15, 0.2) is 0 Å². The topological polar surface area (TPSA) is 26.3 Å². The highest BCUT2D eigenvalue weighted by molar-refractivity contribution is 5.69. The second kappa shape index (κ2) is 7.79. The first-order valence-corrected chi connectivity index (χ1v) is 7.02. The van der Waals surface area contributed by atoms with Crippen LogP contribution < -0.4 is 4.74 Å². The quantitative estimate of drug-likeness (QED) is 0.445. The number of carbonyl (C=O) groups is 1. The Bertz CT molecular complexity index is 692. The maximum atomic E-state index is 10.8. The fourth-order valence-electron chi connectivity index (χ4n) is 1.84. The average molecular weight is 290 g/mol. The molecule has 0 aromatic heterocycles. The summed E-state index contributed by atoms with van der Waals surface area (Å²) in [6, 6.07) is 17.4. The maximum absolute atomic E-state index is 10.8. The van der Waals surface area contributed by atoms with Gasteiger partial charge in [-0.2, -0.15) is 0 Å². The molecule has 0 radical (unpaired) electrons. The number of esters is 1. The lowest BCUT2D eigenvalue weighted by atomic mass is 10.1. The largest absolute Gasteiger partial charge is 0.427 e. The summed E-state index contributed by atoms with van der Waals surface area (Å²) >= 11 is 0. The molecule has 0 saturated carbocycles. The lowest BCUT2D eigenvalue weighted by molar-refractivity contribution is -0.131. The van der Waals surface area contributed by atoms with Crippen LogP contribution in [0.5, 0.6) is 5.75 Å². The number of carbonyl (C=O) groups excluding carboxylic acids is 1. The Hall–Kier alpha value is -2.87. The number of ether oxygens (including phenoxy) is 1. The predicted molar refractivity (Wildman–Crippen MR) is 91.4 cm³/mol. The van der Waals surface area contributed by atoms with Gasteiger partial charge in [-0.05, 0) is 28.8 Å². The van der Waals surface area contributed by atoms with Crippen LogP contribution >= 0.6 is 0 Å². The van der Waals surface area contributed by atoms with Crippen LogP contribution in [0.2, 0.25) is 0 Å². The van der Waals surface area contributed by atoms with Gasteiger partial charge >= 0.3 is 5.97 Å². The maximum Gasteiger partial charge on any atom is 0.308 e. The summed E-state index contributed by atoms with van der Waals surface area (Å²) in [5, 5.41) is 0. The molecule has 22 heavy (non-hydrogen) atoms. The minimum absolute atomic E-state index is 0.317. The summed E-state index contributed by atoms with van der Waals surface area (Å²) in [4.78, 5) is 10.8. The van der Waals surface area contributed by atoms with Gasteiger partial charge < -0.3 is 4.74 Å². The molecule has 0 saturated heterocycles. The van der Waals surface area contributed by atoms with E-state index in [2.05, 4.69) is 6.58 Å². The third-order valence-corrected chi connectivity index (χ3v) is 2.92. The first kappa shape index (κ1) is 15.5. The zero-order valence-electron chi connectivity index (χ0n) is 12.5. The predicted octanol–water partition coefficient (Wildman–Crippen LogP) is 4.89. The summed E-state index contributed by atoms with van der Waals surface area (Å²) in [5.74, 6) is 0.232. The molecule has 2 rings (SSSR count). The molecule has 0 aliphatic rings. The van der Waals surface area contributed by atoms with E-state index < -0.39 is 0 Å². The van der Waals surface area contributed by atoms with Crippen molar-refractivity contribution < 1.29 is 9.53 Å². The molecule has 0 bridgehead atoms. The van der Waals surface area contributed by atoms with Crippen LogP contribution in [0.25, 0.3) is 12.2 Å². The Morgan fingerprint density at radius 2 is 1.45 bits per heavy atom. The van der Waals surface area contributed by atoms with Crippen molar-refractivity contribution in [2.24, 2.45) is 0 Å². The van der Waals surface area contributed by atoms with E-state index in [1.807, 2.05) is 66.8 Å². The molecule has 0 aliphatic carbocycles. The van der Waals surface area contributed by atoms with Crippen molar-refractivity contribution in [3.05, 3.63) is 90.0 Å². The third kappa shape index (κ3) is 5.25. The summed E-state index contributed by atoms with van der Waals surface area (Å²) in [5.41, 5.74) is 3.07. The SMILES string of the molecule is C=C(C=Cc1ccccc1)C=Cc1ccc(OC(C)=O)cc1. The molecule has 2 aromatic carbocycles. The molecule has 0 fully saturated rings. The van der Waals surface area contributed by atoms with Crippen molar-refractivity contribution in [1.82, 2.24) is 0 Å². The Kier molecular flexibility index (Phi) is 5.50. The van der Waals surface area contributed by atoms with Gasteiger partial charge in [0.25, 0.3) is 0 Å². The Morgan fingerprint density at radius 1 is 0.909 bits per heavy atom. The average Bonchev–Trinajstić information content (AvgIpc) is 2.53. The van der Waals surface area contributed by atoms with Crippen LogP contribution in [0.15, 0.2) is 78.9 Å². The van der Waals surface area contributed by atoms with Crippen molar-refractivity contribution in [1.29, 1.82) is 0 Å². The standard InChI is InChI=1S/C20H18O2/c1-16(8-10-18-6-4-3-5-7-18)9-11-19-12-14-20(15-13-19)22-17(2)21/h3-15H,1H2,2H3. The molecule has 0 heterocycles. The number of rotatable bonds is 5. The minimum Gasteiger partial charge on any atom is -0.427 e. The highest BCUT2D eigenvalue weighted by atomic mass is 16.5. The van der Waals surface area contributed by atoms with Crippen LogP contribution in [-0.2, 0) is 4.79 Å². The van der Waals surface area contributed by atoms with Crippen molar-refractivity contribution in [2.75, 3.05) is 0 Å². The van der Waals surface area contributed by atoms with E-state index in [0.717, 1.165) is 16.7 Å². The van der Waals surface area contributed by atoms with Crippen molar-refractivity contribution >= 4 is 18.1 Å². The number of hydrogen-bond acceptors (Lipinski definition) is 2. The van der Waals surface area contributed by atoms with Gasteiger partial charge in [0.05, 0.1) is 0 Å². The Morgan fingerprint density at radius 3 is 2.00 bits per heavy atom. The molecule has 2 heteroatoms. The zero-order valence-corrected chi connectivity index (χ0v) is 12.5. The second-order valence-corrected chi connectivity index (χ2v) is 4.81. The van der Waals surface area contributed by atoms with Crippen molar-refractivity contribution in [3.8, 4) is 5.75 Å². The summed E-state index contributed by atoms with van der Waals surface area (Å²) in [7, 11) is 0. The molecule has 2 aromatic rings. The molecule has 0 unspecified atom stereocenters. The number of benzene rings is 2. The minimum atomic E-state index is -0.317. The molecule has 2 nitrogen and oxygen atoms in total. The summed E-state index contributed by atoms with van der Waals surface area (Å²) in [6.07, 6.45) is 7.91. The summed E-state index contributed by atoms with van der Waals surface area (Å²) in [6.45, 7) is 5.38. The number of allylic oxidation sites excluding steroid dienone is 3. The Labute approximate surface area is 131 Å². The van der Waals surface area contributed by atoms with Crippen LogP contribution in [0.4, 0.5) is 0 Å². The molecule has 0 atom stereocenters. The highest BCUT2D eigenvalue weighted by Gasteiger charge is 1.96. The van der Waals surface area contributed by atoms with Gasteiger partial charge in [0.1, 0.15) is 5.75 Å².